The van der Waals surface area contributed by atoms with E-state index in [0.29, 0.717) is 23.8 Å². The first kappa shape index (κ1) is 14.9. The van der Waals surface area contributed by atoms with Crippen molar-refractivity contribution in [1.29, 1.82) is 0 Å². The molecule has 1 aromatic heterocycles. The van der Waals surface area contributed by atoms with Gasteiger partial charge in [0.2, 0.25) is 5.91 Å². The molecule has 0 aliphatic carbocycles. The number of phenolic OH excluding ortho intramolecular Hbond substituents is 1. The third kappa shape index (κ3) is 3.53. The van der Waals surface area contributed by atoms with E-state index in [2.05, 4.69) is 10.3 Å². The summed E-state index contributed by atoms with van der Waals surface area (Å²) in [5, 5.41) is 22.1. The van der Waals surface area contributed by atoms with Gasteiger partial charge in [-0.15, -0.1) is 0 Å². The average molecular weight is 290 g/mol. The highest BCUT2D eigenvalue weighted by molar-refractivity contribution is 5.87. The number of carboxylic acids is 1. The third-order valence-corrected chi connectivity index (χ3v) is 3.26. The maximum absolute atomic E-state index is 11.8. The smallest absolute Gasteiger partial charge is 0.305 e. The molecule has 0 aliphatic rings. The fraction of sp³-hybridized carbons (Fsp3) is 0.333. The number of aromatic hydroxyl groups is 1. The summed E-state index contributed by atoms with van der Waals surface area (Å²) in [6, 6.07) is 4.18. The number of fused-ring (bicyclic) bond motifs is 1. The van der Waals surface area contributed by atoms with Crippen LogP contribution in [0.1, 0.15) is 37.8 Å². The van der Waals surface area contributed by atoms with E-state index in [-0.39, 0.29) is 18.1 Å². The Labute approximate surface area is 121 Å². The lowest BCUT2D eigenvalue weighted by molar-refractivity contribution is -0.137. The molecule has 6 nitrogen and oxygen atoms in total. The predicted octanol–water partition coefficient (Wildman–Crippen LogP) is 2.31. The van der Waals surface area contributed by atoms with Gasteiger partial charge in [-0.3, -0.25) is 9.59 Å². The fourth-order valence-electron chi connectivity index (χ4n) is 2.33. The number of phenols is 1. The number of hydrogen-bond acceptors (Lipinski definition) is 3. The van der Waals surface area contributed by atoms with Gasteiger partial charge in [-0.25, -0.2) is 0 Å². The van der Waals surface area contributed by atoms with Crippen LogP contribution in [0.25, 0.3) is 10.9 Å². The summed E-state index contributed by atoms with van der Waals surface area (Å²) in [5.74, 6) is -1.08. The Balaban J connectivity index is 2.35. The number of carbonyl (C=O) groups excluding carboxylic acids is 1. The van der Waals surface area contributed by atoms with Gasteiger partial charge in [0.05, 0.1) is 12.5 Å². The second-order valence-corrected chi connectivity index (χ2v) is 4.94. The molecule has 1 aromatic carbocycles. The summed E-state index contributed by atoms with van der Waals surface area (Å²) in [7, 11) is 0. The predicted molar refractivity (Wildman–Crippen MR) is 78.0 cm³/mol. The van der Waals surface area contributed by atoms with Gasteiger partial charge in [-0.05, 0) is 24.6 Å². The highest BCUT2D eigenvalue weighted by atomic mass is 16.4. The summed E-state index contributed by atoms with van der Waals surface area (Å²) in [6.45, 7) is 1.88. The van der Waals surface area contributed by atoms with Crippen molar-refractivity contribution < 1.29 is 19.8 Å². The zero-order valence-electron chi connectivity index (χ0n) is 11.7. The molecule has 0 spiro atoms. The van der Waals surface area contributed by atoms with E-state index >= 15 is 0 Å². The number of benzene rings is 1. The van der Waals surface area contributed by atoms with Gasteiger partial charge in [-0.1, -0.05) is 6.92 Å². The number of rotatable bonds is 6. The quantitative estimate of drug-likeness (QED) is 0.655. The van der Waals surface area contributed by atoms with Gasteiger partial charge < -0.3 is 20.5 Å². The summed E-state index contributed by atoms with van der Waals surface area (Å²) >= 11 is 0. The summed E-state index contributed by atoms with van der Waals surface area (Å²) in [6.07, 6.45) is 2.51. The standard InChI is InChI=1S/C15H18N2O4/c1-2-3-14(19)17-13(7-15(20)21)11-8-16-12-5-4-9(18)6-10(11)12/h4-6,8,13,16,18H,2-3,7H2,1H3,(H,17,19)(H,20,21). The number of aromatic nitrogens is 1. The lowest BCUT2D eigenvalue weighted by Gasteiger charge is -2.16. The van der Waals surface area contributed by atoms with Crippen molar-refractivity contribution in [1.82, 2.24) is 10.3 Å². The van der Waals surface area contributed by atoms with Crippen LogP contribution in [-0.2, 0) is 9.59 Å². The second kappa shape index (κ2) is 6.30. The fourth-order valence-corrected chi connectivity index (χ4v) is 2.33. The van der Waals surface area contributed by atoms with Gasteiger partial charge in [0.1, 0.15) is 5.75 Å². The molecule has 0 saturated heterocycles. The van der Waals surface area contributed by atoms with Crippen molar-refractivity contribution in [3.05, 3.63) is 30.0 Å². The van der Waals surface area contributed by atoms with Crippen molar-refractivity contribution in [3.8, 4) is 5.75 Å². The maximum Gasteiger partial charge on any atom is 0.305 e. The zero-order chi connectivity index (χ0) is 15.4. The van der Waals surface area contributed by atoms with Crippen molar-refractivity contribution in [2.24, 2.45) is 0 Å². The highest BCUT2D eigenvalue weighted by Crippen LogP contribution is 2.29. The van der Waals surface area contributed by atoms with E-state index < -0.39 is 12.0 Å². The van der Waals surface area contributed by atoms with Crippen LogP contribution in [0.3, 0.4) is 0 Å². The number of carboxylic acid groups (broad SMARTS) is 1. The molecule has 0 fully saturated rings. The molecule has 112 valence electrons. The number of carbonyl (C=O) groups is 2. The Bertz CT molecular complexity index is 663. The second-order valence-electron chi connectivity index (χ2n) is 4.94. The lowest BCUT2D eigenvalue weighted by atomic mass is 10.0. The molecular weight excluding hydrogens is 272 g/mol. The maximum atomic E-state index is 11.8. The molecule has 1 unspecified atom stereocenters. The first-order chi connectivity index (χ1) is 10.0. The van der Waals surface area contributed by atoms with Crippen LogP contribution in [0.4, 0.5) is 0 Å². The van der Waals surface area contributed by atoms with Crippen LogP contribution in [0.15, 0.2) is 24.4 Å². The Morgan fingerprint density at radius 3 is 2.81 bits per heavy atom. The molecule has 0 saturated carbocycles. The van der Waals surface area contributed by atoms with E-state index in [0.717, 1.165) is 5.52 Å². The number of aromatic amines is 1. The van der Waals surface area contributed by atoms with Crippen molar-refractivity contribution in [2.75, 3.05) is 0 Å². The Kier molecular flexibility index (Phi) is 4.47. The SMILES string of the molecule is CCCC(=O)NC(CC(=O)O)c1c[nH]c2ccc(O)cc12. The topological polar surface area (TPSA) is 102 Å². The van der Waals surface area contributed by atoms with E-state index in [1.165, 1.54) is 0 Å². The number of amides is 1. The Hall–Kier alpha value is -2.50. The van der Waals surface area contributed by atoms with Crippen molar-refractivity contribution in [3.63, 3.8) is 0 Å². The molecule has 4 N–H and O–H groups in total. The van der Waals surface area contributed by atoms with Gasteiger partial charge in [0, 0.05) is 29.1 Å². The van der Waals surface area contributed by atoms with Crippen molar-refractivity contribution in [2.45, 2.75) is 32.2 Å². The zero-order valence-corrected chi connectivity index (χ0v) is 11.7. The van der Waals surface area contributed by atoms with E-state index in [1.807, 2.05) is 6.92 Å². The summed E-state index contributed by atoms with van der Waals surface area (Å²) < 4.78 is 0. The molecule has 1 atom stereocenters. The largest absolute Gasteiger partial charge is 0.508 e. The molecular formula is C15H18N2O4. The minimum absolute atomic E-state index is 0.0947. The normalized spacial score (nSPS) is 12.2. The molecule has 1 amide bonds. The molecule has 0 bridgehead atoms. The van der Waals surface area contributed by atoms with Crippen molar-refractivity contribution >= 4 is 22.8 Å². The van der Waals surface area contributed by atoms with E-state index in [1.54, 1.807) is 24.4 Å². The Morgan fingerprint density at radius 2 is 2.14 bits per heavy atom. The average Bonchev–Trinajstić information content (AvgIpc) is 2.80. The van der Waals surface area contributed by atoms with Gasteiger partial charge in [0.25, 0.3) is 0 Å². The summed E-state index contributed by atoms with van der Waals surface area (Å²) in [4.78, 5) is 25.8. The van der Waals surface area contributed by atoms with Crippen LogP contribution >= 0.6 is 0 Å². The highest BCUT2D eigenvalue weighted by Gasteiger charge is 2.21. The van der Waals surface area contributed by atoms with E-state index in [4.69, 9.17) is 5.11 Å². The summed E-state index contributed by atoms with van der Waals surface area (Å²) in [5.41, 5.74) is 1.44. The molecule has 1 heterocycles. The molecule has 2 aromatic rings. The van der Waals surface area contributed by atoms with Crippen LogP contribution in [0, 0.1) is 0 Å². The minimum atomic E-state index is -0.994. The molecule has 2 rings (SSSR count). The molecule has 0 radical (unpaired) electrons. The molecule has 21 heavy (non-hydrogen) atoms. The van der Waals surface area contributed by atoms with Crippen LogP contribution in [0.2, 0.25) is 0 Å². The first-order valence-electron chi connectivity index (χ1n) is 6.82. The van der Waals surface area contributed by atoms with Gasteiger partial charge in [0.15, 0.2) is 0 Å². The molecule has 6 heteroatoms. The van der Waals surface area contributed by atoms with Gasteiger partial charge in [-0.2, -0.15) is 0 Å². The lowest BCUT2D eigenvalue weighted by Crippen LogP contribution is -2.29. The number of H-pyrrole nitrogens is 1. The number of hydrogen-bond donors (Lipinski definition) is 4. The van der Waals surface area contributed by atoms with Crippen LogP contribution < -0.4 is 5.32 Å². The number of aliphatic carboxylic acids is 1. The van der Waals surface area contributed by atoms with E-state index in [9.17, 15) is 14.7 Å². The Morgan fingerprint density at radius 1 is 1.38 bits per heavy atom. The molecule has 0 aliphatic heterocycles. The first-order valence-corrected chi connectivity index (χ1v) is 6.82. The van der Waals surface area contributed by atoms with Gasteiger partial charge >= 0.3 is 5.97 Å². The monoisotopic (exact) mass is 290 g/mol. The minimum Gasteiger partial charge on any atom is -0.508 e. The third-order valence-electron chi connectivity index (χ3n) is 3.26. The van der Waals surface area contributed by atoms with Crippen LogP contribution in [-0.4, -0.2) is 27.1 Å². The van der Waals surface area contributed by atoms with Crippen LogP contribution in [0.5, 0.6) is 5.75 Å². The number of nitrogens with one attached hydrogen (secondary N) is 2.